The topological polar surface area (TPSA) is 39.7 Å². The zero-order valence-corrected chi connectivity index (χ0v) is 17.8. The summed E-state index contributed by atoms with van der Waals surface area (Å²) in [5.74, 6) is 1.81. The fraction of sp³-hybridized carbons (Fsp3) is 0.933. The van der Waals surface area contributed by atoms with E-state index in [4.69, 9.17) is 0 Å². The lowest BCUT2D eigenvalue weighted by molar-refractivity contribution is -0.142. The van der Waals surface area contributed by atoms with E-state index < -0.39 is 12.7 Å². The Hall–Kier alpha value is 0.1000. The van der Waals surface area contributed by atoms with E-state index in [0.29, 0.717) is 30.3 Å². The number of rotatable bonds is 7. The Morgan fingerprint density at radius 3 is 2.62 bits per heavy atom. The summed E-state index contributed by atoms with van der Waals surface area (Å²) in [6.45, 7) is 2.05. The number of nitrogens with zero attached hydrogens (tertiary/aromatic N) is 2. The van der Waals surface area contributed by atoms with Crippen molar-refractivity contribution in [2.24, 2.45) is 4.99 Å². The van der Waals surface area contributed by atoms with Gasteiger partial charge in [-0.15, -0.1) is 24.0 Å². The minimum Gasteiger partial charge on any atom is -0.355 e. The van der Waals surface area contributed by atoms with Gasteiger partial charge in [0, 0.05) is 31.4 Å². The highest BCUT2D eigenvalue weighted by Gasteiger charge is 2.29. The van der Waals surface area contributed by atoms with E-state index in [2.05, 4.69) is 22.5 Å². The molecule has 1 aliphatic carbocycles. The van der Waals surface area contributed by atoms with Crippen molar-refractivity contribution in [3.63, 3.8) is 0 Å². The standard InChI is InChI=1S/C15H29F3N4S.HI/c1-4-23-13-7-5-6-12(10-13)21-14(19-2)20-8-9-22(3)11-15(16,17)18;/h12-13H,4-11H2,1-3H3,(H2,19,20,21);1H. The van der Waals surface area contributed by atoms with Crippen molar-refractivity contribution in [3.8, 4) is 0 Å². The average Bonchev–Trinajstić information content (AvgIpc) is 2.45. The molecule has 0 aromatic heterocycles. The molecule has 4 nitrogen and oxygen atoms in total. The normalized spacial score (nSPS) is 22.2. The second kappa shape index (κ2) is 12.5. The maximum Gasteiger partial charge on any atom is 0.401 e. The van der Waals surface area contributed by atoms with Gasteiger partial charge in [0.05, 0.1) is 6.54 Å². The Morgan fingerprint density at radius 1 is 1.33 bits per heavy atom. The van der Waals surface area contributed by atoms with Crippen LogP contribution in [-0.2, 0) is 0 Å². The van der Waals surface area contributed by atoms with Crippen LogP contribution in [0.3, 0.4) is 0 Å². The lowest BCUT2D eigenvalue weighted by Gasteiger charge is -2.30. The number of alkyl halides is 3. The molecule has 0 aliphatic heterocycles. The van der Waals surface area contributed by atoms with Crippen molar-refractivity contribution in [1.82, 2.24) is 15.5 Å². The summed E-state index contributed by atoms with van der Waals surface area (Å²) in [6, 6.07) is 0.395. The van der Waals surface area contributed by atoms with Crippen LogP contribution in [0.2, 0.25) is 0 Å². The van der Waals surface area contributed by atoms with Gasteiger partial charge in [0.15, 0.2) is 5.96 Å². The number of hydrogen-bond donors (Lipinski definition) is 2. The van der Waals surface area contributed by atoms with E-state index in [9.17, 15) is 13.2 Å². The number of aliphatic imine (C=N–C) groups is 1. The van der Waals surface area contributed by atoms with Crippen LogP contribution in [0.15, 0.2) is 4.99 Å². The van der Waals surface area contributed by atoms with Crippen LogP contribution in [0.25, 0.3) is 0 Å². The molecule has 2 unspecified atom stereocenters. The number of hydrogen-bond acceptors (Lipinski definition) is 3. The maximum absolute atomic E-state index is 12.3. The fourth-order valence-electron chi connectivity index (χ4n) is 2.80. The van der Waals surface area contributed by atoms with Gasteiger partial charge in [0.25, 0.3) is 0 Å². The molecule has 0 amide bonds. The zero-order valence-electron chi connectivity index (χ0n) is 14.7. The summed E-state index contributed by atoms with van der Waals surface area (Å²) < 4.78 is 36.8. The highest BCUT2D eigenvalue weighted by atomic mass is 127. The predicted octanol–water partition coefficient (Wildman–Crippen LogP) is 3.33. The average molecular weight is 482 g/mol. The lowest BCUT2D eigenvalue weighted by Crippen LogP contribution is -2.47. The van der Waals surface area contributed by atoms with Crippen LogP contribution in [0.5, 0.6) is 0 Å². The van der Waals surface area contributed by atoms with Crippen LogP contribution in [-0.4, -0.2) is 67.8 Å². The quantitative estimate of drug-likeness (QED) is 0.332. The molecule has 0 bridgehead atoms. The molecule has 1 aliphatic rings. The van der Waals surface area contributed by atoms with Gasteiger partial charge in [-0.2, -0.15) is 24.9 Å². The highest BCUT2D eigenvalue weighted by Crippen LogP contribution is 2.28. The molecule has 24 heavy (non-hydrogen) atoms. The summed E-state index contributed by atoms with van der Waals surface area (Å²) in [6.07, 6.45) is 0.566. The van der Waals surface area contributed by atoms with Crippen molar-refractivity contribution in [3.05, 3.63) is 0 Å². The van der Waals surface area contributed by atoms with Crippen LogP contribution in [0.4, 0.5) is 13.2 Å². The number of guanidine groups is 1. The number of halogens is 4. The van der Waals surface area contributed by atoms with Gasteiger partial charge in [-0.25, -0.2) is 0 Å². The van der Waals surface area contributed by atoms with Crippen LogP contribution >= 0.6 is 35.7 Å². The van der Waals surface area contributed by atoms with E-state index >= 15 is 0 Å². The fourth-order valence-corrected chi connectivity index (χ4v) is 3.97. The molecule has 0 radical (unpaired) electrons. The molecular weight excluding hydrogens is 452 g/mol. The lowest BCUT2D eigenvalue weighted by atomic mass is 9.95. The van der Waals surface area contributed by atoms with Crippen LogP contribution < -0.4 is 10.6 Å². The Balaban J connectivity index is 0.00000529. The van der Waals surface area contributed by atoms with Gasteiger partial charge >= 0.3 is 6.18 Å². The van der Waals surface area contributed by atoms with Gasteiger partial charge in [0.2, 0.25) is 0 Å². The number of thioether (sulfide) groups is 1. The van der Waals surface area contributed by atoms with Gasteiger partial charge in [-0.05, 0) is 32.1 Å². The molecule has 0 aromatic rings. The number of likely N-dealkylation sites (N-methyl/N-ethyl adjacent to an activating group) is 1. The Morgan fingerprint density at radius 2 is 2.04 bits per heavy atom. The molecular formula is C15H30F3IN4S. The second-order valence-corrected chi connectivity index (χ2v) is 7.51. The molecule has 9 heteroatoms. The molecule has 2 atom stereocenters. The zero-order chi connectivity index (χ0) is 17.3. The Bertz CT molecular complexity index is 367. The molecule has 0 heterocycles. The van der Waals surface area contributed by atoms with Crippen molar-refractivity contribution in [2.45, 2.75) is 50.1 Å². The predicted molar refractivity (Wildman–Crippen MR) is 108 cm³/mol. The summed E-state index contributed by atoms with van der Waals surface area (Å²) >= 11 is 2.00. The minimum absolute atomic E-state index is 0. The first-order chi connectivity index (χ1) is 10.8. The summed E-state index contributed by atoms with van der Waals surface area (Å²) in [4.78, 5) is 5.43. The highest BCUT2D eigenvalue weighted by molar-refractivity contribution is 14.0. The van der Waals surface area contributed by atoms with Crippen LogP contribution in [0, 0.1) is 0 Å². The van der Waals surface area contributed by atoms with Gasteiger partial charge in [-0.3, -0.25) is 9.89 Å². The maximum atomic E-state index is 12.3. The molecule has 1 fully saturated rings. The third-order valence-electron chi connectivity index (χ3n) is 3.83. The van der Waals surface area contributed by atoms with E-state index in [0.717, 1.165) is 18.6 Å². The first-order valence-electron chi connectivity index (χ1n) is 8.18. The molecule has 0 aromatic carbocycles. The minimum atomic E-state index is -4.15. The van der Waals surface area contributed by atoms with Crippen molar-refractivity contribution in [1.29, 1.82) is 0 Å². The van der Waals surface area contributed by atoms with E-state index in [1.54, 1.807) is 7.05 Å². The number of nitrogens with one attached hydrogen (secondary N) is 2. The SMILES string of the molecule is CCSC1CCCC(NC(=NC)NCCN(C)CC(F)(F)F)C1.I. The molecule has 1 rings (SSSR count). The van der Waals surface area contributed by atoms with Gasteiger partial charge in [0.1, 0.15) is 0 Å². The van der Waals surface area contributed by atoms with E-state index in [1.165, 1.54) is 24.8 Å². The van der Waals surface area contributed by atoms with Crippen LogP contribution in [0.1, 0.15) is 32.6 Å². The molecule has 1 saturated carbocycles. The van der Waals surface area contributed by atoms with Crippen molar-refractivity contribution < 1.29 is 13.2 Å². The first-order valence-corrected chi connectivity index (χ1v) is 9.23. The van der Waals surface area contributed by atoms with Crippen molar-refractivity contribution >= 4 is 41.7 Å². The monoisotopic (exact) mass is 482 g/mol. The smallest absolute Gasteiger partial charge is 0.355 e. The van der Waals surface area contributed by atoms with E-state index in [-0.39, 0.29) is 24.0 Å². The summed E-state index contributed by atoms with van der Waals surface area (Å²) in [7, 11) is 3.16. The summed E-state index contributed by atoms with van der Waals surface area (Å²) in [5.41, 5.74) is 0. The van der Waals surface area contributed by atoms with Crippen molar-refractivity contribution in [2.75, 3.05) is 39.5 Å². The van der Waals surface area contributed by atoms with Gasteiger partial charge in [-0.1, -0.05) is 13.3 Å². The molecule has 2 N–H and O–H groups in total. The third kappa shape index (κ3) is 10.9. The Kier molecular flexibility index (Phi) is 12.5. The van der Waals surface area contributed by atoms with E-state index in [1.807, 2.05) is 11.8 Å². The third-order valence-corrected chi connectivity index (χ3v) is 5.06. The first kappa shape index (κ1) is 24.1. The molecule has 0 saturated heterocycles. The molecule has 0 spiro atoms. The Labute approximate surface area is 164 Å². The molecule has 144 valence electrons. The largest absolute Gasteiger partial charge is 0.401 e. The second-order valence-electron chi connectivity index (χ2n) is 5.94. The van der Waals surface area contributed by atoms with Gasteiger partial charge < -0.3 is 10.6 Å². The summed E-state index contributed by atoms with van der Waals surface area (Å²) in [5, 5.41) is 7.20.